The molecule has 4 nitrogen and oxygen atoms in total. The molecule has 0 saturated carbocycles. The lowest BCUT2D eigenvalue weighted by atomic mass is 9.82. The summed E-state index contributed by atoms with van der Waals surface area (Å²) < 4.78 is -1.43. The van der Waals surface area contributed by atoms with Crippen LogP contribution < -0.4 is 0 Å². The fraction of sp³-hybridized carbons (Fsp3) is 0.846. The molecule has 6 heteroatoms. The summed E-state index contributed by atoms with van der Waals surface area (Å²) in [4.78, 5) is 28.1. The van der Waals surface area contributed by atoms with Gasteiger partial charge in [0.15, 0.2) is 10.1 Å². The Kier molecular flexibility index (Phi) is 4.43. The molecular formula is C13H20Cl2N2O2. The molecule has 1 atom stereocenters. The molecule has 0 aromatic carbocycles. The quantitative estimate of drug-likeness (QED) is 0.742. The van der Waals surface area contributed by atoms with E-state index in [-0.39, 0.29) is 23.7 Å². The molecule has 1 amide bonds. The highest BCUT2D eigenvalue weighted by atomic mass is 35.5. The van der Waals surface area contributed by atoms with Gasteiger partial charge in [0.05, 0.1) is 6.04 Å². The molecule has 0 aromatic rings. The predicted octanol–water partition coefficient (Wildman–Crippen LogP) is 1.69. The van der Waals surface area contributed by atoms with Crippen LogP contribution in [-0.4, -0.2) is 58.0 Å². The Morgan fingerprint density at radius 2 is 2.00 bits per heavy atom. The molecule has 3 saturated heterocycles. The molecule has 2 bridgehead atoms. The van der Waals surface area contributed by atoms with Gasteiger partial charge in [-0.2, -0.15) is 0 Å². The average Bonchev–Trinajstić information content (AvgIpc) is 2.37. The monoisotopic (exact) mass is 306 g/mol. The van der Waals surface area contributed by atoms with Gasteiger partial charge in [-0.15, -0.1) is 0 Å². The third-order valence-electron chi connectivity index (χ3n) is 4.14. The van der Waals surface area contributed by atoms with Crippen molar-refractivity contribution >= 4 is 34.9 Å². The Morgan fingerprint density at radius 1 is 1.42 bits per heavy atom. The van der Waals surface area contributed by atoms with Crippen molar-refractivity contribution < 1.29 is 9.59 Å². The first-order valence-electron chi connectivity index (χ1n) is 6.79. The molecule has 3 aliphatic heterocycles. The first-order valence-corrected chi connectivity index (χ1v) is 7.55. The first-order chi connectivity index (χ1) is 8.84. The summed E-state index contributed by atoms with van der Waals surface area (Å²) in [6, 6.07) is -0.174. The molecular weight excluding hydrogens is 287 g/mol. The van der Waals surface area contributed by atoms with E-state index in [0.717, 1.165) is 25.9 Å². The summed E-state index contributed by atoms with van der Waals surface area (Å²) in [6.45, 7) is 6.15. The minimum atomic E-state index is -1.43. The van der Waals surface area contributed by atoms with Crippen molar-refractivity contribution in [2.24, 2.45) is 5.92 Å². The van der Waals surface area contributed by atoms with E-state index in [1.165, 1.54) is 6.92 Å². The standard InChI is InChI=1S/C13H20Cl2N2O2/c1-3-16(12(19)13(2,14)15)8-10-11(18)9-4-6-17(10)7-5-9/h9-10H,3-8H2,1-2H3. The normalized spacial score (nSPS) is 30.5. The lowest BCUT2D eigenvalue weighted by molar-refractivity contribution is -0.141. The van der Waals surface area contributed by atoms with Crippen LogP contribution >= 0.6 is 23.2 Å². The number of rotatable bonds is 4. The zero-order chi connectivity index (χ0) is 14.2. The smallest absolute Gasteiger partial charge is 0.258 e. The fourth-order valence-corrected chi connectivity index (χ4v) is 3.23. The van der Waals surface area contributed by atoms with Crippen LogP contribution in [0.25, 0.3) is 0 Å². The van der Waals surface area contributed by atoms with E-state index in [1.807, 2.05) is 6.92 Å². The molecule has 3 rings (SSSR count). The molecule has 3 heterocycles. The molecule has 0 spiro atoms. The SMILES string of the molecule is CCN(CC1C(=O)C2CCN1CC2)C(=O)C(C)(Cl)Cl. The third-order valence-corrected chi connectivity index (χ3v) is 4.46. The largest absolute Gasteiger partial charge is 0.338 e. The number of hydrogen-bond donors (Lipinski definition) is 0. The number of fused-ring (bicyclic) bond motifs is 3. The Labute approximate surface area is 124 Å². The summed E-state index contributed by atoms with van der Waals surface area (Å²) in [6.07, 6.45) is 1.91. The number of likely N-dealkylation sites (N-methyl/N-ethyl adjacent to an activating group) is 1. The van der Waals surface area contributed by atoms with Gasteiger partial charge in [0.25, 0.3) is 5.91 Å². The van der Waals surface area contributed by atoms with Crippen molar-refractivity contribution in [2.45, 2.75) is 37.1 Å². The van der Waals surface area contributed by atoms with Crippen LogP contribution in [0.4, 0.5) is 0 Å². The van der Waals surface area contributed by atoms with Gasteiger partial charge in [0.2, 0.25) is 0 Å². The Balaban J connectivity index is 2.06. The van der Waals surface area contributed by atoms with E-state index < -0.39 is 4.33 Å². The average molecular weight is 307 g/mol. The summed E-state index contributed by atoms with van der Waals surface area (Å²) in [5, 5.41) is 0. The van der Waals surface area contributed by atoms with Crippen molar-refractivity contribution in [2.75, 3.05) is 26.2 Å². The number of hydrogen-bond acceptors (Lipinski definition) is 3. The Morgan fingerprint density at radius 3 is 2.42 bits per heavy atom. The van der Waals surface area contributed by atoms with Gasteiger partial charge in [-0.3, -0.25) is 14.5 Å². The van der Waals surface area contributed by atoms with Crippen molar-refractivity contribution in [1.82, 2.24) is 9.80 Å². The van der Waals surface area contributed by atoms with Crippen molar-refractivity contribution in [3.8, 4) is 0 Å². The summed E-state index contributed by atoms with van der Waals surface area (Å²) in [7, 11) is 0. The number of ketones is 1. The van der Waals surface area contributed by atoms with E-state index in [1.54, 1.807) is 4.90 Å². The van der Waals surface area contributed by atoms with Gasteiger partial charge in [-0.25, -0.2) is 0 Å². The van der Waals surface area contributed by atoms with Crippen LogP contribution in [0.2, 0.25) is 0 Å². The fourth-order valence-electron chi connectivity index (χ4n) is 3.00. The van der Waals surface area contributed by atoms with Gasteiger partial charge in [0.1, 0.15) is 0 Å². The Bertz CT molecular complexity index is 373. The van der Waals surface area contributed by atoms with Crippen LogP contribution in [-0.2, 0) is 9.59 Å². The molecule has 19 heavy (non-hydrogen) atoms. The molecule has 1 unspecified atom stereocenters. The zero-order valence-corrected chi connectivity index (χ0v) is 12.9. The second kappa shape index (κ2) is 5.58. The molecule has 0 radical (unpaired) electrons. The first kappa shape index (κ1) is 15.1. The van der Waals surface area contributed by atoms with Crippen molar-refractivity contribution in [3.05, 3.63) is 0 Å². The highest BCUT2D eigenvalue weighted by molar-refractivity contribution is 6.57. The number of amides is 1. The summed E-state index contributed by atoms with van der Waals surface area (Å²) in [5.41, 5.74) is 0. The van der Waals surface area contributed by atoms with E-state index in [4.69, 9.17) is 23.2 Å². The van der Waals surface area contributed by atoms with Crippen LogP contribution in [0.3, 0.4) is 0 Å². The van der Waals surface area contributed by atoms with Crippen molar-refractivity contribution in [1.29, 1.82) is 0 Å². The van der Waals surface area contributed by atoms with Crippen LogP contribution in [0, 0.1) is 5.92 Å². The number of Topliss-reactive ketones (excluding diaryl/α,β-unsaturated/α-hetero) is 1. The van der Waals surface area contributed by atoms with Gasteiger partial charge in [-0.05, 0) is 39.8 Å². The number of nitrogens with zero attached hydrogens (tertiary/aromatic N) is 2. The van der Waals surface area contributed by atoms with Gasteiger partial charge in [0, 0.05) is 19.0 Å². The second-order valence-corrected chi connectivity index (χ2v) is 7.17. The summed E-state index contributed by atoms with van der Waals surface area (Å²) >= 11 is 11.7. The summed E-state index contributed by atoms with van der Waals surface area (Å²) in [5.74, 6) is 0.130. The number of carbonyl (C=O) groups excluding carboxylic acids is 2. The van der Waals surface area contributed by atoms with E-state index in [2.05, 4.69) is 4.90 Å². The minimum Gasteiger partial charge on any atom is -0.338 e. The third kappa shape index (κ3) is 3.06. The maximum absolute atomic E-state index is 12.3. The molecule has 0 N–H and O–H groups in total. The van der Waals surface area contributed by atoms with Gasteiger partial charge in [-0.1, -0.05) is 23.2 Å². The maximum Gasteiger partial charge on any atom is 0.258 e. The second-order valence-electron chi connectivity index (χ2n) is 5.46. The number of piperidine rings is 3. The number of halogens is 2. The molecule has 3 aliphatic rings. The topological polar surface area (TPSA) is 40.6 Å². The van der Waals surface area contributed by atoms with Crippen molar-refractivity contribution in [3.63, 3.8) is 0 Å². The van der Waals surface area contributed by atoms with E-state index >= 15 is 0 Å². The predicted molar refractivity (Wildman–Crippen MR) is 75.5 cm³/mol. The van der Waals surface area contributed by atoms with Gasteiger partial charge >= 0.3 is 0 Å². The van der Waals surface area contributed by atoms with Gasteiger partial charge < -0.3 is 4.90 Å². The lowest BCUT2D eigenvalue weighted by Crippen LogP contribution is -2.60. The highest BCUT2D eigenvalue weighted by Crippen LogP contribution is 2.30. The molecule has 0 aliphatic carbocycles. The van der Waals surface area contributed by atoms with E-state index in [9.17, 15) is 9.59 Å². The zero-order valence-electron chi connectivity index (χ0n) is 11.4. The Hall–Kier alpha value is -0.320. The highest BCUT2D eigenvalue weighted by Gasteiger charge is 2.43. The number of carbonyl (C=O) groups is 2. The van der Waals surface area contributed by atoms with Crippen LogP contribution in [0.15, 0.2) is 0 Å². The minimum absolute atomic E-state index is 0.174. The van der Waals surface area contributed by atoms with Crippen LogP contribution in [0.1, 0.15) is 26.7 Å². The lowest BCUT2D eigenvalue weighted by Gasteiger charge is -2.45. The van der Waals surface area contributed by atoms with Crippen LogP contribution in [0.5, 0.6) is 0 Å². The molecule has 0 aromatic heterocycles. The molecule has 3 fully saturated rings. The number of alkyl halides is 2. The van der Waals surface area contributed by atoms with E-state index in [0.29, 0.717) is 13.1 Å². The molecule has 108 valence electrons. The maximum atomic E-state index is 12.3.